The van der Waals surface area contributed by atoms with E-state index in [1.807, 2.05) is 0 Å². The fraction of sp³-hybridized carbons (Fsp3) is 0.600. The number of benzene rings is 1. The molecule has 88 valence electrons. The summed E-state index contributed by atoms with van der Waals surface area (Å²) in [5, 5.41) is 3.69. The van der Waals surface area contributed by atoms with Gasteiger partial charge in [-0.05, 0) is 31.2 Å². The molecule has 1 nitrogen and oxygen atoms in total. The molecule has 0 heterocycles. The maximum Gasteiger partial charge on any atom is 0.00673 e. The molecular formula is C15H23N. The highest BCUT2D eigenvalue weighted by Gasteiger charge is 2.15. The molecule has 1 N–H and O–H groups in total. The molecule has 1 aliphatic carbocycles. The van der Waals surface area contributed by atoms with Crippen molar-refractivity contribution in [1.82, 2.24) is 5.32 Å². The molecule has 2 rings (SSSR count). The molecular weight excluding hydrogens is 194 g/mol. The molecule has 0 amide bonds. The second-order valence-corrected chi connectivity index (χ2v) is 5.20. The van der Waals surface area contributed by atoms with E-state index in [1.165, 1.54) is 36.8 Å². The van der Waals surface area contributed by atoms with Crippen molar-refractivity contribution in [3.63, 3.8) is 0 Å². The van der Waals surface area contributed by atoms with E-state index in [2.05, 4.69) is 43.4 Å². The van der Waals surface area contributed by atoms with E-state index in [4.69, 9.17) is 0 Å². The Hall–Kier alpha value is -0.820. The van der Waals surface area contributed by atoms with Crippen LogP contribution in [0.15, 0.2) is 24.3 Å². The van der Waals surface area contributed by atoms with Gasteiger partial charge in [0.25, 0.3) is 0 Å². The van der Waals surface area contributed by atoms with Crippen LogP contribution in [0.5, 0.6) is 0 Å². The summed E-state index contributed by atoms with van der Waals surface area (Å²) >= 11 is 0. The summed E-state index contributed by atoms with van der Waals surface area (Å²) in [4.78, 5) is 0. The molecule has 0 aliphatic heterocycles. The molecule has 1 saturated carbocycles. The van der Waals surface area contributed by atoms with Crippen LogP contribution in [-0.2, 0) is 0 Å². The third-order valence-corrected chi connectivity index (χ3v) is 3.71. The van der Waals surface area contributed by atoms with Crippen LogP contribution in [-0.4, -0.2) is 12.6 Å². The molecule has 1 aliphatic rings. The lowest BCUT2D eigenvalue weighted by molar-refractivity contribution is 0.499. The van der Waals surface area contributed by atoms with Crippen molar-refractivity contribution in [2.75, 3.05) is 6.54 Å². The first-order valence-corrected chi connectivity index (χ1v) is 6.55. The van der Waals surface area contributed by atoms with Gasteiger partial charge in [-0.2, -0.15) is 0 Å². The van der Waals surface area contributed by atoms with Gasteiger partial charge in [0.05, 0.1) is 0 Å². The van der Waals surface area contributed by atoms with Gasteiger partial charge < -0.3 is 5.32 Å². The van der Waals surface area contributed by atoms with E-state index in [1.54, 1.807) is 0 Å². The largest absolute Gasteiger partial charge is 0.313 e. The molecule has 0 saturated heterocycles. The molecule has 1 aromatic rings. The summed E-state index contributed by atoms with van der Waals surface area (Å²) < 4.78 is 0. The van der Waals surface area contributed by atoms with E-state index < -0.39 is 0 Å². The molecule has 0 aromatic heterocycles. The molecule has 16 heavy (non-hydrogen) atoms. The maximum absolute atomic E-state index is 3.69. The van der Waals surface area contributed by atoms with E-state index >= 15 is 0 Å². The smallest absolute Gasteiger partial charge is 0.00673 e. The monoisotopic (exact) mass is 217 g/mol. The zero-order valence-corrected chi connectivity index (χ0v) is 10.5. The van der Waals surface area contributed by atoms with Gasteiger partial charge in [0.2, 0.25) is 0 Å². The summed E-state index contributed by atoms with van der Waals surface area (Å²) in [5.41, 5.74) is 2.80. The van der Waals surface area contributed by atoms with Crippen molar-refractivity contribution in [1.29, 1.82) is 0 Å². The SMILES string of the molecule is Cc1ccc(C(C)CNC2CCCC2)cc1. The zero-order chi connectivity index (χ0) is 11.4. The summed E-state index contributed by atoms with van der Waals surface area (Å²) in [5.74, 6) is 0.626. The Bertz CT molecular complexity index is 309. The van der Waals surface area contributed by atoms with Crippen LogP contribution in [0.1, 0.15) is 49.7 Å². The average molecular weight is 217 g/mol. The molecule has 1 aromatic carbocycles. The number of hydrogen-bond donors (Lipinski definition) is 1. The summed E-state index contributed by atoms with van der Waals surface area (Å²) in [6.07, 6.45) is 5.58. The van der Waals surface area contributed by atoms with E-state index in [0.29, 0.717) is 5.92 Å². The van der Waals surface area contributed by atoms with Crippen LogP contribution in [0, 0.1) is 6.92 Å². The molecule has 0 radical (unpaired) electrons. The zero-order valence-electron chi connectivity index (χ0n) is 10.5. The van der Waals surface area contributed by atoms with Gasteiger partial charge in [-0.1, -0.05) is 49.6 Å². The highest BCUT2D eigenvalue weighted by atomic mass is 14.9. The van der Waals surface area contributed by atoms with Crippen molar-refractivity contribution in [3.8, 4) is 0 Å². The summed E-state index contributed by atoms with van der Waals surface area (Å²) in [6, 6.07) is 9.73. The van der Waals surface area contributed by atoms with Gasteiger partial charge >= 0.3 is 0 Å². The van der Waals surface area contributed by atoms with Gasteiger partial charge in [0, 0.05) is 12.6 Å². The molecule has 0 spiro atoms. The van der Waals surface area contributed by atoms with Gasteiger partial charge in [-0.3, -0.25) is 0 Å². The van der Waals surface area contributed by atoms with E-state index in [9.17, 15) is 0 Å². The Balaban J connectivity index is 1.82. The minimum absolute atomic E-state index is 0.626. The van der Waals surface area contributed by atoms with Crippen LogP contribution in [0.25, 0.3) is 0 Å². The normalized spacial score (nSPS) is 18.9. The highest BCUT2D eigenvalue weighted by molar-refractivity contribution is 5.24. The van der Waals surface area contributed by atoms with Crippen molar-refractivity contribution in [2.24, 2.45) is 0 Å². The van der Waals surface area contributed by atoms with E-state index in [-0.39, 0.29) is 0 Å². The Kier molecular flexibility index (Phi) is 4.00. The van der Waals surface area contributed by atoms with E-state index in [0.717, 1.165) is 12.6 Å². The maximum atomic E-state index is 3.69. The second-order valence-electron chi connectivity index (χ2n) is 5.20. The minimum Gasteiger partial charge on any atom is -0.313 e. The van der Waals surface area contributed by atoms with Gasteiger partial charge in [0.1, 0.15) is 0 Å². The number of aryl methyl sites for hydroxylation is 1. The van der Waals surface area contributed by atoms with Crippen LogP contribution in [0.4, 0.5) is 0 Å². The first kappa shape index (κ1) is 11.7. The summed E-state index contributed by atoms with van der Waals surface area (Å²) in [6.45, 7) is 5.57. The van der Waals surface area contributed by atoms with Gasteiger partial charge in [-0.15, -0.1) is 0 Å². The Labute approximate surface area is 99.3 Å². The molecule has 1 heteroatoms. The van der Waals surface area contributed by atoms with Crippen molar-refractivity contribution in [2.45, 2.75) is 51.5 Å². The topological polar surface area (TPSA) is 12.0 Å². The molecule has 0 bridgehead atoms. The standard InChI is InChI=1S/C15H23N/c1-12-7-9-14(10-8-12)13(2)11-16-15-5-3-4-6-15/h7-10,13,15-16H,3-6,11H2,1-2H3. The van der Waals surface area contributed by atoms with Crippen molar-refractivity contribution >= 4 is 0 Å². The predicted octanol–water partition coefficient (Wildman–Crippen LogP) is 3.63. The van der Waals surface area contributed by atoms with Crippen LogP contribution in [0.2, 0.25) is 0 Å². The predicted molar refractivity (Wildman–Crippen MR) is 69.9 cm³/mol. The second kappa shape index (κ2) is 5.49. The first-order chi connectivity index (χ1) is 7.75. The molecule has 1 unspecified atom stereocenters. The minimum atomic E-state index is 0.626. The Morgan fingerprint density at radius 3 is 2.44 bits per heavy atom. The quantitative estimate of drug-likeness (QED) is 0.812. The van der Waals surface area contributed by atoms with Crippen molar-refractivity contribution in [3.05, 3.63) is 35.4 Å². The fourth-order valence-corrected chi connectivity index (χ4v) is 2.49. The highest BCUT2D eigenvalue weighted by Crippen LogP contribution is 2.20. The van der Waals surface area contributed by atoms with Gasteiger partial charge in [-0.25, -0.2) is 0 Å². The lowest BCUT2D eigenvalue weighted by Crippen LogP contribution is -2.29. The van der Waals surface area contributed by atoms with Crippen LogP contribution in [0.3, 0.4) is 0 Å². The molecule has 1 fully saturated rings. The van der Waals surface area contributed by atoms with Gasteiger partial charge in [0.15, 0.2) is 0 Å². The molecule has 1 atom stereocenters. The first-order valence-electron chi connectivity index (χ1n) is 6.55. The lowest BCUT2D eigenvalue weighted by Gasteiger charge is -2.17. The lowest BCUT2D eigenvalue weighted by atomic mass is 9.99. The Morgan fingerprint density at radius 2 is 1.81 bits per heavy atom. The van der Waals surface area contributed by atoms with Crippen molar-refractivity contribution < 1.29 is 0 Å². The average Bonchev–Trinajstić information content (AvgIpc) is 2.80. The summed E-state index contributed by atoms with van der Waals surface area (Å²) in [7, 11) is 0. The third kappa shape index (κ3) is 3.08. The third-order valence-electron chi connectivity index (χ3n) is 3.71. The van der Waals surface area contributed by atoms with Crippen LogP contribution >= 0.6 is 0 Å². The fourth-order valence-electron chi connectivity index (χ4n) is 2.49. The number of rotatable bonds is 4. The number of hydrogen-bond acceptors (Lipinski definition) is 1. The number of nitrogens with one attached hydrogen (secondary N) is 1. The van der Waals surface area contributed by atoms with Crippen LogP contribution < -0.4 is 5.32 Å². The Morgan fingerprint density at radius 1 is 1.19 bits per heavy atom.